The summed E-state index contributed by atoms with van der Waals surface area (Å²) < 4.78 is 0. The zero-order valence-corrected chi connectivity index (χ0v) is 12.0. The number of ketones is 1. The maximum Gasteiger partial charge on any atom is 0.228 e. The second-order valence-corrected chi connectivity index (χ2v) is 5.78. The van der Waals surface area contributed by atoms with Crippen molar-refractivity contribution in [2.45, 2.75) is 27.7 Å². The summed E-state index contributed by atoms with van der Waals surface area (Å²) >= 11 is 0. The molecule has 3 N–H and O–H groups in total. The third kappa shape index (κ3) is 4.17. The average Bonchev–Trinajstić information content (AvgIpc) is 2.36. The van der Waals surface area contributed by atoms with Crippen molar-refractivity contribution in [2.24, 2.45) is 17.1 Å². The number of Topliss-reactive ketones (excluding diaryl/α,β-unsaturated/α-hetero) is 1. The molecule has 1 atom stereocenters. The molecule has 1 aromatic rings. The lowest BCUT2D eigenvalue weighted by molar-refractivity contribution is -0.119. The van der Waals surface area contributed by atoms with E-state index in [9.17, 15) is 9.59 Å². The van der Waals surface area contributed by atoms with Crippen molar-refractivity contribution in [3.05, 3.63) is 29.8 Å². The minimum Gasteiger partial charge on any atom is -0.330 e. The van der Waals surface area contributed by atoms with Gasteiger partial charge in [0.05, 0.1) is 0 Å². The summed E-state index contributed by atoms with van der Waals surface area (Å²) in [5, 5.41) is 2.77. The van der Waals surface area contributed by atoms with Crippen molar-refractivity contribution >= 4 is 17.4 Å². The Labute approximate surface area is 114 Å². The Balaban J connectivity index is 2.78. The van der Waals surface area contributed by atoms with Gasteiger partial charge in [0.15, 0.2) is 5.78 Å². The summed E-state index contributed by atoms with van der Waals surface area (Å²) in [7, 11) is 0. The minimum absolute atomic E-state index is 0.0840. The van der Waals surface area contributed by atoms with Gasteiger partial charge in [0.1, 0.15) is 0 Å². The first-order valence-electron chi connectivity index (χ1n) is 6.41. The third-order valence-electron chi connectivity index (χ3n) is 2.90. The zero-order chi connectivity index (χ0) is 14.6. The Morgan fingerprint density at radius 3 is 2.16 bits per heavy atom. The second-order valence-electron chi connectivity index (χ2n) is 5.78. The van der Waals surface area contributed by atoms with Crippen LogP contribution in [0, 0.1) is 11.3 Å². The number of nitrogens with two attached hydrogens (primary N) is 1. The second kappa shape index (κ2) is 5.97. The molecular weight excluding hydrogens is 240 g/mol. The van der Waals surface area contributed by atoms with E-state index < -0.39 is 5.41 Å². The molecular formula is C15H22N2O2. The van der Waals surface area contributed by atoms with Gasteiger partial charge in [-0.2, -0.15) is 0 Å². The lowest BCUT2D eigenvalue weighted by Gasteiger charge is -2.17. The van der Waals surface area contributed by atoms with E-state index in [4.69, 9.17) is 5.73 Å². The van der Waals surface area contributed by atoms with Crippen molar-refractivity contribution in [2.75, 3.05) is 11.9 Å². The lowest BCUT2D eigenvalue weighted by atomic mass is 9.86. The summed E-state index contributed by atoms with van der Waals surface area (Å²) in [5.41, 5.74) is 6.36. The Morgan fingerprint density at radius 2 is 1.74 bits per heavy atom. The lowest BCUT2D eigenvalue weighted by Crippen LogP contribution is -2.26. The van der Waals surface area contributed by atoms with E-state index in [-0.39, 0.29) is 17.6 Å². The van der Waals surface area contributed by atoms with Crippen LogP contribution >= 0.6 is 0 Å². The molecule has 0 heterocycles. The summed E-state index contributed by atoms with van der Waals surface area (Å²) in [5.74, 6) is -0.256. The molecule has 1 aromatic carbocycles. The van der Waals surface area contributed by atoms with Crippen LogP contribution in [-0.4, -0.2) is 18.2 Å². The smallest absolute Gasteiger partial charge is 0.228 e. The van der Waals surface area contributed by atoms with Crippen molar-refractivity contribution in [1.82, 2.24) is 0 Å². The number of amides is 1. The van der Waals surface area contributed by atoms with Crippen LogP contribution in [0.5, 0.6) is 0 Å². The molecule has 0 aliphatic rings. The van der Waals surface area contributed by atoms with Crippen LogP contribution in [-0.2, 0) is 4.79 Å². The highest BCUT2D eigenvalue weighted by molar-refractivity contribution is 6.00. The highest BCUT2D eigenvalue weighted by Crippen LogP contribution is 2.21. The molecule has 1 unspecified atom stereocenters. The standard InChI is InChI=1S/C15H22N2O2/c1-10(9-16)14(19)17-12-7-5-11(6-8-12)13(18)15(2,3)4/h5-8,10H,9,16H2,1-4H3,(H,17,19). The molecule has 0 radical (unpaired) electrons. The predicted octanol–water partition coefficient (Wildman–Crippen LogP) is 2.45. The maximum atomic E-state index is 12.1. The van der Waals surface area contributed by atoms with E-state index >= 15 is 0 Å². The van der Waals surface area contributed by atoms with Gasteiger partial charge in [0.25, 0.3) is 0 Å². The summed E-state index contributed by atoms with van der Waals surface area (Å²) in [4.78, 5) is 23.7. The van der Waals surface area contributed by atoms with Crippen LogP contribution < -0.4 is 11.1 Å². The number of benzene rings is 1. The topological polar surface area (TPSA) is 72.2 Å². The van der Waals surface area contributed by atoms with Crippen LogP contribution in [0.3, 0.4) is 0 Å². The average molecular weight is 262 g/mol. The van der Waals surface area contributed by atoms with Crippen molar-refractivity contribution < 1.29 is 9.59 Å². The number of rotatable bonds is 4. The fourth-order valence-electron chi connectivity index (χ4n) is 1.51. The first kappa shape index (κ1) is 15.4. The van der Waals surface area contributed by atoms with Gasteiger partial charge in [0, 0.05) is 29.1 Å². The highest BCUT2D eigenvalue weighted by Gasteiger charge is 2.22. The molecule has 0 aromatic heterocycles. The monoisotopic (exact) mass is 262 g/mol. The Morgan fingerprint density at radius 1 is 1.21 bits per heavy atom. The third-order valence-corrected chi connectivity index (χ3v) is 2.90. The Bertz CT molecular complexity index is 458. The van der Waals surface area contributed by atoms with Crippen molar-refractivity contribution in [3.8, 4) is 0 Å². The predicted molar refractivity (Wildman–Crippen MR) is 77.1 cm³/mol. The van der Waals surface area contributed by atoms with E-state index in [1.54, 1.807) is 31.2 Å². The molecule has 0 saturated heterocycles. The number of hydrogen-bond donors (Lipinski definition) is 2. The Kier molecular flexibility index (Phi) is 4.84. The van der Waals surface area contributed by atoms with Gasteiger partial charge < -0.3 is 11.1 Å². The van der Waals surface area contributed by atoms with Crippen LogP contribution in [0.15, 0.2) is 24.3 Å². The first-order chi connectivity index (χ1) is 8.75. The van der Waals surface area contributed by atoms with E-state index in [2.05, 4.69) is 5.32 Å². The summed E-state index contributed by atoms with van der Waals surface area (Å²) in [6.07, 6.45) is 0. The van der Waals surface area contributed by atoms with E-state index in [1.165, 1.54) is 0 Å². The summed E-state index contributed by atoms with van der Waals surface area (Å²) in [6.45, 7) is 7.73. The van der Waals surface area contributed by atoms with Gasteiger partial charge in [-0.15, -0.1) is 0 Å². The largest absolute Gasteiger partial charge is 0.330 e. The molecule has 0 aliphatic heterocycles. The van der Waals surface area contributed by atoms with Crippen molar-refractivity contribution in [1.29, 1.82) is 0 Å². The maximum absolute atomic E-state index is 12.1. The number of anilines is 1. The normalized spacial score (nSPS) is 12.9. The molecule has 0 fully saturated rings. The van der Waals surface area contributed by atoms with E-state index in [1.807, 2.05) is 20.8 Å². The van der Waals surface area contributed by atoms with E-state index in [0.717, 1.165) is 0 Å². The summed E-state index contributed by atoms with van der Waals surface area (Å²) in [6, 6.07) is 6.94. The fraction of sp³-hybridized carbons (Fsp3) is 0.467. The van der Waals surface area contributed by atoms with Crippen LogP contribution in [0.1, 0.15) is 38.1 Å². The van der Waals surface area contributed by atoms with Gasteiger partial charge in [-0.05, 0) is 24.3 Å². The van der Waals surface area contributed by atoms with Gasteiger partial charge in [-0.25, -0.2) is 0 Å². The molecule has 0 aliphatic carbocycles. The molecule has 4 heteroatoms. The van der Waals surface area contributed by atoms with Crippen LogP contribution in [0.25, 0.3) is 0 Å². The van der Waals surface area contributed by atoms with Crippen molar-refractivity contribution in [3.63, 3.8) is 0 Å². The molecule has 1 rings (SSSR count). The fourth-order valence-corrected chi connectivity index (χ4v) is 1.51. The molecule has 0 saturated carbocycles. The minimum atomic E-state index is -0.404. The van der Waals surface area contributed by atoms with Crippen LogP contribution in [0.4, 0.5) is 5.69 Å². The van der Waals surface area contributed by atoms with Gasteiger partial charge in [0.2, 0.25) is 5.91 Å². The zero-order valence-electron chi connectivity index (χ0n) is 12.0. The number of hydrogen-bond acceptors (Lipinski definition) is 3. The molecule has 0 bridgehead atoms. The molecule has 104 valence electrons. The number of carbonyl (C=O) groups is 2. The Hall–Kier alpha value is -1.68. The van der Waals surface area contributed by atoms with Gasteiger partial charge in [-0.1, -0.05) is 27.7 Å². The molecule has 1 amide bonds. The molecule has 4 nitrogen and oxygen atoms in total. The first-order valence-corrected chi connectivity index (χ1v) is 6.41. The van der Waals surface area contributed by atoms with E-state index in [0.29, 0.717) is 17.8 Å². The number of nitrogens with one attached hydrogen (secondary N) is 1. The quantitative estimate of drug-likeness (QED) is 0.819. The highest BCUT2D eigenvalue weighted by atomic mass is 16.2. The van der Waals surface area contributed by atoms with Crippen LogP contribution in [0.2, 0.25) is 0 Å². The molecule has 0 spiro atoms. The van der Waals surface area contributed by atoms with Gasteiger partial charge >= 0.3 is 0 Å². The van der Waals surface area contributed by atoms with Gasteiger partial charge in [-0.3, -0.25) is 9.59 Å². The SMILES string of the molecule is CC(CN)C(=O)Nc1ccc(C(=O)C(C)(C)C)cc1. The number of carbonyl (C=O) groups excluding carboxylic acids is 2. The molecule has 19 heavy (non-hydrogen) atoms.